The van der Waals surface area contributed by atoms with Gasteiger partial charge in [-0.3, -0.25) is 4.79 Å². The van der Waals surface area contributed by atoms with Crippen molar-refractivity contribution in [2.75, 3.05) is 19.4 Å². The quantitative estimate of drug-likeness (QED) is 0.808. The predicted molar refractivity (Wildman–Crippen MR) is 97.4 cm³/mol. The van der Waals surface area contributed by atoms with Crippen LogP contribution in [0.5, 0.6) is 5.75 Å². The van der Waals surface area contributed by atoms with Crippen molar-refractivity contribution in [2.45, 2.75) is 17.9 Å². The number of sulfonamides is 1. The first-order valence-electron chi connectivity index (χ1n) is 7.56. The second-order valence-corrected chi connectivity index (χ2v) is 8.20. The summed E-state index contributed by atoms with van der Waals surface area (Å²) in [6.45, 7) is 1.50. The van der Waals surface area contributed by atoms with Gasteiger partial charge in [-0.15, -0.1) is 0 Å². The van der Waals surface area contributed by atoms with Crippen LogP contribution < -0.4 is 10.1 Å². The molecule has 0 aliphatic rings. The van der Waals surface area contributed by atoms with Gasteiger partial charge in [-0.2, -0.15) is 0 Å². The standard InChI is InChI=1S/C17H18ClFN2O4S/c1-11(25-16-8-7-12(19)9-15(16)18)17(22)20-13-5-4-6-14(10-13)26(23,24)21(2)3/h4-11H,1-3H3,(H,20,22). The number of nitrogens with zero attached hydrogens (tertiary/aromatic N) is 1. The van der Waals surface area contributed by atoms with Crippen molar-refractivity contribution in [2.24, 2.45) is 0 Å². The summed E-state index contributed by atoms with van der Waals surface area (Å²) in [6, 6.07) is 9.44. The van der Waals surface area contributed by atoms with Crippen molar-refractivity contribution in [3.8, 4) is 5.75 Å². The number of benzene rings is 2. The van der Waals surface area contributed by atoms with E-state index in [0.717, 1.165) is 10.4 Å². The van der Waals surface area contributed by atoms with E-state index in [2.05, 4.69) is 5.32 Å². The van der Waals surface area contributed by atoms with Crippen molar-refractivity contribution in [3.05, 3.63) is 53.3 Å². The van der Waals surface area contributed by atoms with Crippen LogP contribution in [-0.4, -0.2) is 38.8 Å². The molecule has 140 valence electrons. The molecule has 26 heavy (non-hydrogen) atoms. The Kier molecular flexibility index (Phi) is 6.22. The van der Waals surface area contributed by atoms with E-state index in [0.29, 0.717) is 5.69 Å². The molecular weight excluding hydrogens is 383 g/mol. The smallest absolute Gasteiger partial charge is 0.265 e. The summed E-state index contributed by atoms with van der Waals surface area (Å²) in [5.41, 5.74) is 0.304. The third-order valence-electron chi connectivity index (χ3n) is 3.45. The first-order valence-corrected chi connectivity index (χ1v) is 9.38. The average molecular weight is 401 g/mol. The molecule has 0 saturated carbocycles. The molecule has 0 heterocycles. The van der Waals surface area contributed by atoms with Gasteiger partial charge >= 0.3 is 0 Å². The van der Waals surface area contributed by atoms with Crippen LogP contribution in [0.25, 0.3) is 0 Å². The molecule has 1 unspecified atom stereocenters. The number of anilines is 1. The van der Waals surface area contributed by atoms with E-state index in [-0.39, 0.29) is 15.7 Å². The van der Waals surface area contributed by atoms with E-state index in [1.807, 2.05) is 0 Å². The van der Waals surface area contributed by atoms with E-state index in [4.69, 9.17) is 16.3 Å². The summed E-state index contributed by atoms with van der Waals surface area (Å²) in [5, 5.41) is 2.63. The van der Waals surface area contributed by atoms with Gasteiger partial charge in [0.25, 0.3) is 5.91 Å². The van der Waals surface area contributed by atoms with Gasteiger partial charge in [0.05, 0.1) is 9.92 Å². The maximum Gasteiger partial charge on any atom is 0.265 e. The Morgan fingerprint density at radius 1 is 1.23 bits per heavy atom. The molecule has 0 bridgehead atoms. The minimum Gasteiger partial charge on any atom is -0.479 e. The highest BCUT2D eigenvalue weighted by atomic mass is 35.5. The molecule has 0 spiro atoms. The molecule has 1 N–H and O–H groups in total. The third kappa shape index (κ3) is 4.72. The van der Waals surface area contributed by atoms with Crippen LogP contribution in [0.15, 0.2) is 47.4 Å². The van der Waals surface area contributed by atoms with Gasteiger partial charge in [0.2, 0.25) is 10.0 Å². The van der Waals surface area contributed by atoms with Gasteiger partial charge in [-0.1, -0.05) is 17.7 Å². The second-order valence-electron chi connectivity index (χ2n) is 5.64. The minimum atomic E-state index is -3.62. The first kappa shape index (κ1) is 20.2. The lowest BCUT2D eigenvalue weighted by molar-refractivity contribution is -0.122. The van der Waals surface area contributed by atoms with Crippen LogP contribution in [0.4, 0.5) is 10.1 Å². The fraction of sp³-hybridized carbons (Fsp3) is 0.235. The van der Waals surface area contributed by atoms with Gasteiger partial charge in [0.15, 0.2) is 6.10 Å². The summed E-state index contributed by atoms with van der Waals surface area (Å²) in [4.78, 5) is 12.3. The predicted octanol–water partition coefficient (Wildman–Crippen LogP) is 3.14. The molecule has 1 atom stereocenters. The number of carbonyl (C=O) groups is 1. The van der Waals surface area contributed by atoms with Gasteiger partial charge < -0.3 is 10.1 Å². The Bertz CT molecular complexity index is 919. The Morgan fingerprint density at radius 2 is 1.92 bits per heavy atom. The second kappa shape index (κ2) is 8.03. The number of hydrogen-bond acceptors (Lipinski definition) is 4. The average Bonchev–Trinajstić information content (AvgIpc) is 2.57. The molecule has 1 amide bonds. The number of nitrogens with one attached hydrogen (secondary N) is 1. The zero-order chi connectivity index (χ0) is 19.5. The molecule has 6 nitrogen and oxygen atoms in total. The molecule has 9 heteroatoms. The zero-order valence-electron chi connectivity index (χ0n) is 14.4. The molecular formula is C17H18ClFN2O4S. The van der Waals surface area contributed by atoms with E-state index >= 15 is 0 Å². The summed E-state index contributed by atoms with van der Waals surface area (Å²) < 4.78 is 43.9. The molecule has 0 aromatic heterocycles. The SMILES string of the molecule is CC(Oc1ccc(F)cc1Cl)C(=O)Nc1cccc(S(=O)(=O)N(C)C)c1. The Balaban J connectivity index is 2.12. The highest BCUT2D eigenvalue weighted by molar-refractivity contribution is 7.89. The van der Waals surface area contributed by atoms with E-state index in [1.165, 1.54) is 51.4 Å². The highest BCUT2D eigenvalue weighted by Gasteiger charge is 2.20. The van der Waals surface area contributed by atoms with Crippen LogP contribution in [-0.2, 0) is 14.8 Å². The van der Waals surface area contributed by atoms with Crippen LogP contribution in [0.2, 0.25) is 5.02 Å². The molecule has 2 aromatic carbocycles. The number of hydrogen-bond donors (Lipinski definition) is 1. The van der Waals surface area contributed by atoms with Crippen molar-refractivity contribution in [3.63, 3.8) is 0 Å². The van der Waals surface area contributed by atoms with Crippen molar-refractivity contribution in [1.29, 1.82) is 0 Å². The number of halogens is 2. The van der Waals surface area contributed by atoms with Gasteiger partial charge in [-0.05, 0) is 43.3 Å². The minimum absolute atomic E-state index is 0.0451. The lowest BCUT2D eigenvalue weighted by Crippen LogP contribution is -2.30. The normalized spacial score (nSPS) is 12.7. The van der Waals surface area contributed by atoms with E-state index in [9.17, 15) is 17.6 Å². The van der Waals surface area contributed by atoms with Gasteiger partial charge in [0.1, 0.15) is 11.6 Å². The zero-order valence-corrected chi connectivity index (χ0v) is 15.9. The van der Waals surface area contributed by atoms with Gasteiger partial charge in [0, 0.05) is 19.8 Å². The van der Waals surface area contributed by atoms with E-state index < -0.39 is 27.9 Å². The van der Waals surface area contributed by atoms with Crippen molar-refractivity contribution >= 4 is 33.2 Å². The fourth-order valence-electron chi connectivity index (χ4n) is 2.00. The van der Waals surface area contributed by atoms with Crippen molar-refractivity contribution in [1.82, 2.24) is 4.31 Å². The topological polar surface area (TPSA) is 75.7 Å². The molecule has 2 rings (SSSR count). The van der Waals surface area contributed by atoms with Crippen molar-refractivity contribution < 1.29 is 22.3 Å². The molecule has 0 aliphatic heterocycles. The maximum absolute atomic E-state index is 13.1. The van der Waals surface area contributed by atoms with Crippen LogP contribution in [0.3, 0.4) is 0 Å². The largest absolute Gasteiger partial charge is 0.479 e. The molecule has 2 aromatic rings. The number of ether oxygens (including phenoxy) is 1. The number of rotatable bonds is 6. The lowest BCUT2D eigenvalue weighted by Gasteiger charge is -2.16. The summed E-state index contributed by atoms with van der Waals surface area (Å²) in [5.74, 6) is -0.859. The number of amides is 1. The lowest BCUT2D eigenvalue weighted by atomic mass is 10.3. The summed E-state index contributed by atoms with van der Waals surface area (Å²) in [6.07, 6.45) is -0.938. The third-order valence-corrected chi connectivity index (χ3v) is 5.55. The molecule has 0 aliphatic carbocycles. The summed E-state index contributed by atoms with van der Waals surface area (Å²) in [7, 11) is -0.777. The number of carbonyl (C=O) groups excluding carboxylic acids is 1. The van der Waals surface area contributed by atoms with Crippen LogP contribution >= 0.6 is 11.6 Å². The fourth-order valence-corrected chi connectivity index (χ4v) is 3.16. The Hall–Kier alpha value is -2.16. The first-order chi connectivity index (χ1) is 12.1. The van der Waals surface area contributed by atoms with Crippen LogP contribution in [0, 0.1) is 5.82 Å². The Morgan fingerprint density at radius 3 is 2.54 bits per heavy atom. The molecule has 0 saturated heterocycles. The maximum atomic E-state index is 13.1. The van der Waals surface area contributed by atoms with Gasteiger partial charge in [-0.25, -0.2) is 17.1 Å². The monoisotopic (exact) mass is 400 g/mol. The molecule has 0 radical (unpaired) electrons. The van der Waals surface area contributed by atoms with Crippen LogP contribution in [0.1, 0.15) is 6.92 Å². The summed E-state index contributed by atoms with van der Waals surface area (Å²) >= 11 is 5.87. The Labute approximate surface area is 156 Å². The molecule has 0 fully saturated rings. The van der Waals surface area contributed by atoms with E-state index in [1.54, 1.807) is 6.07 Å². The highest BCUT2D eigenvalue weighted by Crippen LogP contribution is 2.26.